The number of hydrogen-bond acceptors (Lipinski definition) is 6. The fourth-order valence-electron chi connectivity index (χ4n) is 1.22. The normalized spacial score (nSPS) is 19.6. The third-order valence-corrected chi connectivity index (χ3v) is 1.88. The van der Waals surface area contributed by atoms with Crippen molar-refractivity contribution in [1.29, 1.82) is 0 Å². The lowest BCUT2D eigenvalue weighted by molar-refractivity contribution is -0.126. The first kappa shape index (κ1) is 10.6. The minimum Gasteiger partial charge on any atom is -0.471 e. The second-order valence-corrected chi connectivity index (χ2v) is 2.79. The van der Waals surface area contributed by atoms with Crippen molar-refractivity contribution in [2.75, 3.05) is 20.2 Å². The van der Waals surface area contributed by atoms with Crippen LogP contribution in [0, 0.1) is 0 Å². The lowest BCUT2D eigenvalue weighted by Crippen LogP contribution is -2.08. The van der Waals surface area contributed by atoms with Gasteiger partial charge in [0.15, 0.2) is 5.82 Å². The molecule has 0 bridgehead atoms. The molecule has 1 atom stereocenters. The maximum atomic E-state index is 8.95. The Morgan fingerprint density at radius 3 is 2.93 bits per heavy atom. The standard InChI is InChI=1S/C5H9N5.C2H4O2.2H2/c1-2-6-3-4(1)5-7-9-10-8-5;1-4-2-3;;/h4,6H,1-3H2,(H,7,8,9,10);2H,1H3;2*1H/t4-;;;/m0.../s1. The quantitative estimate of drug-likeness (QED) is 0.633. The molecule has 82 valence electrons. The Morgan fingerprint density at radius 2 is 2.50 bits per heavy atom. The highest BCUT2D eigenvalue weighted by Gasteiger charge is 2.19. The zero-order valence-corrected chi connectivity index (χ0v) is 7.93. The molecule has 2 rings (SSSR count). The van der Waals surface area contributed by atoms with Crippen LogP contribution in [0.1, 0.15) is 21.0 Å². The molecule has 0 saturated carbocycles. The molecule has 2 heterocycles. The van der Waals surface area contributed by atoms with E-state index in [1.165, 1.54) is 7.11 Å². The predicted octanol–water partition coefficient (Wildman–Crippen LogP) is -0.442. The lowest BCUT2D eigenvalue weighted by atomic mass is 10.1. The van der Waals surface area contributed by atoms with E-state index in [9.17, 15) is 0 Å². The number of aromatic nitrogens is 4. The number of tetrazole rings is 1. The maximum absolute atomic E-state index is 8.95. The molecule has 1 aromatic rings. The van der Waals surface area contributed by atoms with Gasteiger partial charge in [-0.25, -0.2) is 0 Å². The van der Waals surface area contributed by atoms with Gasteiger partial charge in [-0.05, 0) is 13.0 Å². The molecule has 0 spiro atoms. The van der Waals surface area contributed by atoms with Gasteiger partial charge in [-0.15, -0.1) is 10.2 Å². The van der Waals surface area contributed by atoms with Gasteiger partial charge in [0.05, 0.1) is 7.11 Å². The molecule has 0 radical (unpaired) electrons. The Labute approximate surface area is 84.2 Å². The molecule has 7 nitrogen and oxygen atoms in total. The number of carbonyl (C=O) groups is 1. The minimum absolute atomic E-state index is 0. The molecular weight excluding hydrogens is 186 g/mol. The van der Waals surface area contributed by atoms with Crippen molar-refractivity contribution >= 4 is 6.47 Å². The van der Waals surface area contributed by atoms with Crippen molar-refractivity contribution in [3.63, 3.8) is 0 Å². The Kier molecular flexibility index (Phi) is 4.56. The summed E-state index contributed by atoms with van der Waals surface area (Å²) in [6.45, 7) is 2.43. The summed E-state index contributed by atoms with van der Waals surface area (Å²) in [6, 6.07) is 0. The van der Waals surface area contributed by atoms with E-state index < -0.39 is 0 Å². The Morgan fingerprint density at radius 1 is 1.71 bits per heavy atom. The van der Waals surface area contributed by atoms with E-state index in [0.29, 0.717) is 12.4 Å². The van der Waals surface area contributed by atoms with Crippen LogP contribution in [0.2, 0.25) is 0 Å². The number of hydrogen-bond donors (Lipinski definition) is 2. The molecule has 1 fully saturated rings. The summed E-state index contributed by atoms with van der Waals surface area (Å²) in [5.41, 5.74) is 0. The van der Waals surface area contributed by atoms with Gasteiger partial charge in [-0.3, -0.25) is 4.79 Å². The third kappa shape index (κ3) is 3.09. The summed E-state index contributed by atoms with van der Waals surface area (Å²) >= 11 is 0. The van der Waals surface area contributed by atoms with Crippen LogP contribution in [0.3, 0.4) is 0 Å². The molecule has 0 aliphatic carbocycles. The summed E-state index contributed by atoms with van der Waals surface area (Å²) in [7, 11) is 1.31. The van der Waals surface area contributed by atoms with Crippen molar-refractivity contribution in [3.8, 4) is 0 Å². The van der Waals surface area contributed by atoms with E-state index in [4.69, 9.17) is 4.79 Å². The number of H-pyrrole nitrogens is 1. The second kappa shape index (κ2) is 6.03. The molecule has 1 saturated heterocycles. The van der Waals surface area contributed by atoms with Crippen LogP contribution in [0.4, 0.5) is 0 Å². The number of nitrogens with one attached hydrogen (secondary N) is 2. The van der Waals surface area contributed by atoms with Crippen LogP contribution >= 0.6 is 0 Å². The van der Waals surface area contributed by atoms with Gasteiger partial charge >= 0.3 is 0 Å². The zero-order valence-electron chi connectivity index (χ0n) is 7.93. The molecule has 14 heavy (non-hydrogen) atoms. The molecular formula is C7H17N5O2. The molecule has 2 N–H and O–H groups in total. The predicted molar refractivity (Wildman–Crippen MR) is 51.7 cm³/mol. The van der Waals surface area contributed by atoms with Crippen LogP contribution < -0.4 is 5.32 Å². The molecule has 1 aliphatic rings. The first-order valence-corrected chi connectivity index (χ1v) is 4.29. The SMILES string of the molecule is C1C[C@H](c2nn[nH]n2)CN1.COC=O.[HH].[HH]. The van der Waals surface area contributed by atoms with Crippen molar-refractivity contribution in [2.24, 2.45) is 0 Å². The van der Waals surface area contributed by atoms with Gasteiger partial charge in [0.25, 0.3) is 6.47 Å². The van der Waals surface area contributed by atoms with Gasteiger partial charge < -0.3 is 10.1 Å². The monoisotopic (exact) mass is 203 g/mol. The van der Waals surface area contributed by atoms with Gasteiger partial charge in [-0.1, -0.05) is 5.21 Å². The second-order valence-electron chi connectivity index (χ2n) is 2.79. The largest absolute Gasteiger partial charge is 0.471 e. The van der Waals surface area contributed by atoms with Gasteiger partial charge in [0.2, 0.25) is 0 Å². The van der Waals surface area contributed by atoms with Crippen LogP contribution in [-0.2, 0) is 9.53 Å². The molecule has 0 unspecified atom stereocenters. The lowest BCUT2D eigenvalue weighted by Gasteiger charge is -1.97. The van der Waals surface area contributed by atoms with E-state index in [1.807, 2.05) is 0 Å². The Hall–Kier alpha value is -1.50. The highest BCUT2D eigenvalue weighted by molar-refractivity contribution is 5.36. The van der Waals surface area contributed by atoms with Crippen LogP contribution in [0.15, 0.2) is 0 Å². The zero-order chi connectivity index (χ0) is 10.2. The van der Waals surface area contributed by atoms with Gasteiger partial charge in [0, 0.05) is 15.3 Å². The molecule has 0 aromatic carbocycles. The average molecular weight is 203 g/mol. The maximum Gasteiger partial charge on any atom is 0.292 e. The van der Waals surface area contributed by atoms with E-state index >= 15 is 0 Å². The van der Waals surface area contributed by atoms with Gasteiger partial charge in [-0.2, -0.15) is 5.21 Å². The number of carbonyl (C=O) groups excluding carboxylic acids is 1. The molecule has 0 amide bonds. The average Bonchev–Trinajstić information content (AvgIpc) is 2.89. The topological polar surface area (TPSA) is 92.8 Å². The number of aromatic amines is 1. The van der Waals surface area contributed by atoms with E-state index in [0.717, 1.165) is 25.3 Å². The molecule has 1 aliphatic heterocycles. The van der Waals surface area contributed by atoms with Crippen molar-refractivity contribution in [2.45, 2.75) is 12.3 Å². The minimum atomic E-state index is 0. The highest BCUT2D eigenvalue weighted by Crippen LogP contribution is 2.16. The summed E-state index contributed by atoms with van der Waals surface area (Å²) in [6.07, 6.45) is 1.12. The third-order valence-electron chi connectivity index (χ3n) is 1.88. The first-order valence-electron chi connectivity index (χ1n) is 4.29. The molecule has 1 aromatic heterocycles. The van der Waals surface area contributed by atoms with Crippen molar-refractivity contribution in [3.05, 3.63) is 5.82 Å². The highest BCUT2D eigenvalue weighted by atomic mass is 16.5. The fourth-order valence-corrected chi connectivity index (χ4v) is 1.22. The van der Waals surface area contributed by atoms with Crippen molar-refractivity contribution in [1.82, 2.24) is 25.9 Å². The number of methoxy groups -OCH3 is 1. The number of rotatable bonds is 2. The summed E-state index contributed by atoms with van der Waals surface area (Å²) < 4.78 is 3.86. The van der Waals surface area contributed by atoms with E-state index in [1.54, 1.807) is 0 Å². The van der Waals surface area contributed by atoms with Crippen LogP contribution in [0.25, 0.3) is 0 Å². The van der Waals surface area contributed by atoms with E-state index in [2.05, 4.69) is 30.7 Å². The van der Waals surface area contributed by atoms with Gasteiger partial charge in [0.1, 0.15) is 0 Å². The Balaban J connectivity index is 0. The van der Waals surface area contributed by atoms with Crippen LogP contribution in [0.5, 0.6) is 0 Å². The summed E-state index contributed by atoms with van der Waals surface area (Å²) in [4.78, 5) is 8.95. The number of nitrogens with zero attached hydrogens (tertiary/aromatic N) is 3. The Bertz CT molecular complexity index is 253. The van der Waals surface area contributed by atoms with E-state index in [-0.39, 0.29) is 2.85 Å². The first-order chi connectivity index (χ1) is 6.88. The van der Waals surface area contributed by atoms with Crippen molar-refractivity contribution < 1.29 is 12.4 Å². The summed E-state index contributed by atoms with van der Waals surface area (Å²) in [5.74, 6) is 1.31. The fraction of sp³-hybridized carbons (Fsp3) is 0.714. The number of ether oxygens (including phenoxy) is 1. The smallest absolute Gasteiger partial charge is 0.292 e. The van der Waals surface area contributed by atoms with Crippen LogP contribution in [-0.4, -0.2) is 47.3 Å². The molecule has 7 heteroatoms. The summed E-state index contributed by atoms with van der Waals surface area (Å²) in [5, 5.41) is 17.0.